The SMILES string of the molecule is CCC[C@@H](c1ccc(OC)cc1)[C@@H](CO)NS(=O)(=O)c1ccc(Cl)cc1. The summed E-state index contributed by atoms with van der Waals surface area (Å²) in [6.07, 6.45) is 1.59. The first-order valence-corrected chi connectivity index (χ1v) is 10.3. The topological polar surface area (TPSA) is 75.6 Å². The Morgan fingerprint density at radius 2 is 1.73 bits per heavy atom. The molecule has 0 aromatic heterocycles. The highest BCUT2D eigenvalue weighted by Gasteiger charge is 2.27. The predicted octanol–water partition coefficient (Wildman–Crippen LogP) is 3.57. The molecule has 2 aromatic rings. The first kappa shape index (κ1) is 20.7. The molecule has 0 saturated carbocycles. The number of aliphatic hydroxyl groups is 1. The van der Waals surface area contributed by atoms with Crippen LogP contribution < -0.4 is 9.46 Å². The molecular weight excluding hydrogens is 374 g/mol. The van der Waals surface area contributed by atoms with Crippen LogP contribution in [-0.2, 0) is 10.0 Å². The number of ether oxygens (including phenoxy) is 1. The van der Waals surface area contributed by atoms with Crippen LogP contribution in [0.25, 0.3) is 0 Å². The molecule has 0 aliphatic heterocycles. The average Bonchev–Trinajstić information content (AvgIpc) is 2.65. The Bertz CT molecular complexity index is 791. The second-order valence-electron chi connectivity index (χ2n) is 6.03. The van der Waals surface area contributed by atoms with Gasteiger partial charge in [-0.3, -0.25) is 0 Å². The van der Waals surface area contributed by atoms with Gasteiger partial charge >= 0.3 is 0 Å². The highest BCUT2D eigenvalue weighted by molar-refractivity contribution is 7.89. The van der Waals surface area contributed by atoms with Crippen LogP contribution in [0.4, 0.5) is 0 Å². The van der Waals surface area contributed by atoms with E-state index in [1.165, 1.54) is 24.3 Å². The summed E-state index contributed by atoms with van der Waals surface area (Å²) in [6, 6.07) is 12.8. The molecule has 0 amide bonds. The zero-order chi connectivity index (χ0) is 19.2. The summed E-state index contributed by atoms with van der Waals surface area (Å²) in [5, 5.41) is 10.3. The quantitative estimate of drug-likeness (QED) is 0.678. The van der Waals surface area contributed by atoms with E-state index in [1.807, 2.05) is 31.2 Å². The number of nitrogens with one attached hydrogen (secondary N) is 1. The lowest BCUT2D eigenvalue weighted by atomic mass is 9.88. The van der Waals surface area contributed by atoms with E-state index in [1.54, 1.807) is 7.11 Å². The lowest BCUT2D eigenvalue weighted by Gasteiger charge is -2.27. The average molecular weight is 398 g/mol. The number of aliphatic hydroxyl groups excluding tert-OH is 1. The minimum Gasteiger partial charge on any atom is -0.497 e. The number of methoxy groups -OCH3 is 1. The van der Waals surface area contributed by atoms with Gasteiger partial charge in [0.1, 0.15) is 5.75 Å². The summed E-state index contributed by atoms with van der Waals surface area (Å²) in [5.41, 5.74) is 0.950. The molecule has 2 N–H and O–H groups in total. The number of hydrogen-bond donors (Lipinski definition) is 2. The van der Waals surface area contributed by atoms with Crippen molar-refractivity contribution in [3.63, 3.8) is 0 Å². The van der Waals surface area contributed by atoms with Crippen LogP contribution in [-0.4, -0.2) is 33.3 Å². The summed E-state index contributed by atoms with van der Waals surface area (Å²) < 4.78 is 33.1. The molecule has 2 aromatic carbocycles. The van der Waals surface area contributed by atoms with E-state index < -0.39 is 16.1 Å². The molecule has 0 aliphatic rings. The van der Waals surface area contributed by atoms with E-state index in [0.29, 0.717) is 5.02 Å². The maximum atomic E-state index is 12.7. The van der Waals surface area contributed by atoms with Crippen LogP contribution in [0, 0.1) is 0 Å². The Morgan fingerprint density at radius 1 is 1.12 bits per heavy atom. The zero-order valence-electron chi connectivity index (χ0n) is 14.9. The molecule has 0 bridgehead atoms. The van der Waals surface area contributed by atoms with Crippen molar-refractivity contribution < 1.29 is 18.3 Å². The summed E-state index contributed by atoms with van der Waals surface area (Å²) >= 11 is 5.83. The molecule has 0 radical (unpaired) electrons. The van der Waals surface area contributed by atoms with E-state index in [-0.39, 0.29) is 17.4 Å². The second kappa shape index (κ2) is 9.37. The van der Waals surface area contributed by atoms with Gasteiger partial charge in [-0.15, -0.1) is 0 Å². The van der Waals surface area contributed by atoms with Crippen molar-refractivity contribution in [2.45, 2.75) is 36.6 Å². The summed E-state index contributed by atoms with van der Waals surface area (Å²) in [5.74, 6) is 0.573. The van der Waals surface area contributed by atoms with Gasteiger partial charge in [0.05, 0.1) is 24.7 Å². The Kier molecular flexibility index (Phi) is 7.46. The number of hydrogen-bond acceptors (Lipinski definition) is 4. The molecule has 2 atom stereocenters. The van der Waals surface area contributed by atoms with Crippen LogP contribution in [0.3, 0.4) is 0 Å². The normalized spacial score (nSPS) is 14.0. The Balaban J connectivity index is 2.28. The maximum Gasteiger partial charge on any atom is 0.240 e. The van der Waals surface area contributed by atoms with Crippen LogP contribution >= 0.6 is 11.6 Å². The molecular formula is C19H24ClNO4S. The first-order chi connectivity index (χ1) is 12.4. The van der Waals surface area contributed by atoms with Crippen molar-refractivity contribution in [2.24, 2.45) is 0 Å². The van der Waals surface area contributed by atoms with Crippen LogP contribution in [0.15, 0.2) is 53.4 Å². The highest BCUT2D eigenvalue weighted by atomic mass is 35.5. The molecule has 0 fully saturated rings. The molecule has 26 heavy (non-hydrogen) atoms. The van der Waals surface area contributed by atoms with Gasteiger partial charge in [0.25, 0.3) is 0 Å². The van der Waals surface area contributed by atoms with Gasteiger partial charge in [0.2, 0.25) is 10.0 Å². The van der Waals surface area contributed by atoms with E-state index in [4.69, 9.17) is 16.3 Å². The fourth-order valence-corrected chi connectivity index (χ4v) is 4.28. The second-order valence-corrected chi connectivity index (χ2v) is 8.18. The third-order valence-electron chi connectivity index (χ3n) is 4.26. The molecule has 2 rings (SSSR count). The lowest BCUT2D eigenvalue weighted by molar-refractivity contribution is 0.234. The van der Waals surface area contributed by atoms with Gasteiger partial charge in [-0.25, -0.2) is 13.1 Å². The van der Waals surface area contributed by atoms with Gasteiger partial charge in [-0.2, -0.15) is 0 Å². The number of halogens is 1. The summed E-state index contributed by atoms with van der Waals surface area (Å²) in [4.78, 5) is 0.116. The van der Waals surface area contributed by atoms with E-state index in [9.17, 15) is 13.5 Å². The fourth-order valence-electron chi connectivity index (χ4n) is 2.89. The molecule has 0 aliphatic carbocycles. The third-order valence-corrected chi connectivity index (χ3v) is 6.01. The molecule has 142 valence electrons. The molecule has 0 spiro atoms. The van der Waals surface area contributed by atoms with Crippen molar-refractivity contribution in [3.8, 4) is 5.75 Å². The molecule has 7 heteroatoms. The van der Waals surface area contributed by atoms with Crippen molar-refractivity contribution >= 4 is 21.6 Å². The van der Waals surface area contributed by atoms with Crippen molar-refractivity contribution in [1.29, 1.82) is 0 Å². The van der Waals surface area contributed by atoms with Gasteiger partial charge in [0, 0.05) is 10.9 Å². The van der Waals surface area contributed by atoms with E-state index >= 15 is 0 Å². The number of benzene rings is 2. The lowest BCUT2D eigenvalue weighted by Crippen LogP contribution is -2.41. The van der Waals surface area contributed by atoms with E-state index in [2.05, 4.69) is 4.72 Å². The highest BCUT2D eigenvalue weighted by Crippen LogP contribution is 2.28. The van der Waals surface area contributed by atoms with Crippen molar-refractivity contribution in [3.05, 3.63) is 59.1 Å². The largest absolute Gasteiger partial charge is 0.497 e. The fraction of sp³-hybridized carbons (Fsp3) is 0.368. The van der Waals surface area contributed by atoms with Gasteiger partial charge in [0.15, 0.2) is 0 Å². The molecule has 0 heterocycles. The monoisotopic (exact) mass is 397 g/mol. The maximum absolute atomic E-state index is 12.7. The molecule has 0 unspecified atom stereocenters. The smallest absolute Gasteiger partial charge is 0.240 e. The Hall–Kier alpha value is -1.60. The van der Waals surface area contributed by atoms with Gasteiger partial charge in [-0.1, -0.05) is 37.1 Å². The number of rotatable bonds is 9. The Morgan fingerprint density at radius 3 is 2.23 bits per heavy atom. The van der Waals surface area contributed by atoms with Crippen LogP contribution in [0.2, 0.25) is 5.02 Å². The van der Waals surface area contributed by atoms with E-state index in [0.717, 1.165) is 24.2 Å². The third kappa shape index (κ3) is 5.20. The van der Waals surface area contributed by atoms with Gasteiger partial charge in [-0.05, 0) is 48.4 Å². The minimum atomic E-state index is -3.77. The Labute approximate surface area is 160 Å². The number of sulfonamides is 1. The summed E-state index contributed by atoms with van der Waals surface area (Å²) in [6.45, 7) is 1.72. The predicted molar refractivity (Wildman–Crippen MR) is 103 cm³/mol. The van der Waals surface area contributed by atoms with Crippen molar-refractivity contribution in [1.82, 2.24) is 4.72 Å². The van der Waals surface area contributed by atoms with Crippen LogP contribution in [0.1, 0.15) is 31.2 Å². The zero-order valence-corrected chi connectivity index (χ0v) is 16.4. The minimum absolute atomic E-state index is 0.116. The summed E-state index contributed by atoms with van der Waals surface area (Å²) in [7, 11) is -2.17. The van der Waals surface area contributed by atoms with Gasteiger partial charge < -0.3 is 9.84 Å². The standard InChI is InChI=1S/C19H24ClNO4S/c1-3-4-18(14-5-9-16(25-2)10-6-14)19(13-22)21-26(23,24)17-11-7-15(20)8-12-17/h5-12,18-19,21-22H,3-4,13H2,1-2H3/t18-,19+/m0/s1. The van der Waals surface area contributed by atoms with Crippen LogP contribution in [0.5, 0.6) is 5.75 Å². The van der Waals surface area contributed by atoms with Crippen molar-refractivity contribution in [2.75, 3.05) is 13.7 Å². The molecule has 0 saturated heterocycles. The molecule has 5 nitrogen and oxygen atoms in total. The first-order valence-electron chi connectivity index (χ1n) is 8.44.